The third-order valence-corrected chi connectivity index (χ3v) is 11.8. The van der Waals surface area contributed by atoms with Crippen LogP contribution in [0.2, 0.25) is 0 Å². The molecular formula is C52H37N5. The number of hydrogen-bond donors (Lipinski definition) is 1. The lowest BCUT2D eigenvalue weighted by molar-refractivity contribution is 0.738. The fraction of sp³-hybridized carbons (Fsp3) is 0.0385. The van der Waals surface area contributed by atoms with E-state index in [0.717, 1.165) is 50.5 Å². The molecule has 0 saturated carbocycles. The summed E-state index contributed by atoms with van der Waals surface area (Å²) in [5.41, 5.74) is 22.7. The third-order valence-electron chi connectivity index (χ3n) is 11.8. The van der Waals surface area contributed by atoms with E-state index >= 15 is 0 Å². The third kappa shape index (κ3) is 4.76. The van der Waals surface area contributed by atoms with Crippen LogP contribution in [0.15, 0.2) is 188 Å². The lowest BCUT2D eigenvalue weighted by Gasteiger charge is -2.32. The highest BCUT2D eigenvalue weighted by Gasteiger charge is 2.47. The van der Waals surface area contributed by atoms with Crippen molar-refractivity contribution in [3.8, 4) is 33.6 Å². The summed E-state index contributed by atoms with van der Waals surface area (Å²) in [6.07, 6.45) is 9.68. The molecule has 0 fully saturated rings. The Kier molecular flexibility index (Phi) is 7.38. The van der Waals surface area contributed by atoms with E-state index in [1.165, 1.54) is 49.6 Å². The van der Waals surface area contributed by atoms with Gasteiger partial charge in [-0.15, -0.1) is 0 Å². The van der Waals surface area contributed by atoms with Gasteiger partial charge in [-0.3, -0.25) is 9.97 Å². The number of para-hydroxylation sites is 1. The molecule has 0 amide bonds. The van der Waals surface area contributed by atoms with Gasteiger partial charge < -0.3 is 14.9 Å². The Labute approximate surface area is 330 Å². The zero-order valence-electron chi connectivity index (χ0n) is 31.3. The van der Waals surface area contributed by atoms with Gasteiger partial charge in [0.1, 0.15) is 0 Å². The summed E-state index contributed by atoms with van der Waals surface area (Å²) in [7, 11) is 0. The maximum atomic E-state index is 6.60. The fourth-order valence-corrected chi connectivity index (χ4v) is 9.39. The van der Waals surface area contributed by atoms with Gasteiger partial charge in [-0.05, 0) is 101 Å². The van der Waals surface area contributed by atoms with Gasteiger partial charge in [0.05, 0.1) is 39.0 Å². The summed E-state index contributed by atoms with van der Waals surface area (Å²) in [4.78, 5) is 9.50. The molecule has 1 aliphatic carbocycles. The number of nitrogens with two attached hydrogens (primary N) is 1. The first-order valence-corrected chi connectivity index (χ1v) is 19.4. The van der Waals surface area contributed by atoms with E-state index in [0.29, 0.717) is 0 Å². The number of allylic oxidation sites excluding steroid dienone is 1. The van der Waals surface area contributed by atoms with Crippen LogP contribution < -0.4 is 5.73 Å². The van der Waals surface area contributed by atoms with E-state index in [1.807, 2.05) is 37.7 Å². The Morgan fingerprint density at radius 1 is 0.544 bits per heavy atom. The van der Waals surface area contributed by atoms with Crippen LogP contribution >= 0.6 is 0 Å². The second-order valence-electron chi connectivity index (χ2n) is 14.8. The summed E-state index contributed by atoms with van der Waals surface area (Å²) < 4.78 is 4.63. The summed E-state index contributed by atoms with van der Waals surface area (Å²) in [5.74, 6) is 0. The molecule has 4 heterocycles. The minimum Gasteiger partial charge on any atom is -0.396 e. The number of benzene rings is 6. The molecule has 0 spiro atoms. The molecule has 1 aliphatic rings. The van der Waals surface area contributed by atoms with Crippen molar-refractivity contribution in [3.05, 3.63) is 217 Å². The standard InChI is InChI=1S/C52H37N5/c1-2-12-48-50(53)44-33-54-30-28-47(44)56(48)38-24-20-34(21-25-38)35-22-26-39(27-23-35)57-46-19-10-9-17-40(46)43-31-42-41-18-11-29-55-51(41)52(45(42)32-49(43)57,36-13-5-3-6-14-36)37-15-7-4-8-16-37/h2-33H,53H2,1H3/b12-2-. The van der Waals surface area contributed by atoms with E-state index in [2.05, 4.69) is 178 Å². The highest BCUT2D eigenvalue weighted by Crippen LogP contribution is 2.56. The van der Waals surface area contributed by atoms with Crippen LogP contribution in [0.3, 0.4) is 0 Å². The number of pyridine rings is 2. The molecule has 10 aromatic rings. The molecule has 4 aromatic heterocycles. The molecule has 5 nitrogen and oxygen atoms in total. The smallest absolute Gasteiger partial charge is 0.0886 e. The number of nitrogen functional groups attached to an aromatic ring is 1. The Morgan fingerprint density at radius 3 is 1.86 bits per heavy atom. The topological polar surface area (TPSA) is 61.7 Å². The molecule has 6 aromatic carbocycles. The van der Waals surface area contributed by atoms with Gasteiger partial charge >= 0.3 is 0 Å². The maximum absolute atomic E-state index is 6.60. The lowest BCUT2D eigenvalue weighted by atomic mass is 9.69. The van der Waals surface area contributed by atoms with Crippen LogP contribution in [0.1, 0.15) is 35.0 Å². The predicted octanol–water partition coefficient (Wildman–Crippen LogP) is 12.2. The molecule has 5 heteroatoms. The fourth-order valence-electron chi connectivity index (χ4n) is 9.39. The molecular weight excluding hydrogens is 695 g/mol. The minimum absolute atomic E-state index is 0.580. The number of aromatic nitrogens is 4. The van der Waals surface area contributed by atoms with E-state index in [9.17, 15) is 0 Å². The summed E-state index contributed by atoms with van der Waals surface area (Å²) in [6.45, 7) is 2.01. The maximum Gasteiger partial charge on any atom is 0.0886 e. The number of anilines is 1. The molecule has 0 saturated heterocycles. The highest BCUT2D eigenvalue weighted by atomic mass is 15.0. The van der Waals surface area contributed by atoms with Crippen molar-refractivity contribution in [3.63, 3.8) is 0 Å². The lowest BCUT2D eigenvalue weighted by Crippen LogP contribution is -2.29. The number of fused-ring (bicyclic) bond motifs is 7. The first-order valence-electron chi connectivity index (χ1n) is 19.4. The van der Waals surface area contributed by atoms with Crippen molar-refractivity contribution >= 4 is 44.5 Å². The largest absolute Gasteiger partial charge is 0.396 e. The zero-order chi connectivity index (χ0) is 38.1. The van der Waals surface area contributed by atoms with E-state index in [1.54, 1.807) is 0 Å². The van der Waals surface area contributed by atoms with Crippen molar-refractivity contribution in [2.24, 2.45) is 0 Å². The van der Waals surface area contributed by atoms with Gasteiger partial charge in [-0.1, -0.05) is 115 Å². The second-order valence-corrected chi connectivity index (χ2v) is 14.8. The van der Waals surface area contributed by atoms with Gasteiger partial charge in [0.25, 0.3) is 0 Å². The van der Waals surface area contributed by atoms with Crippen LogP contribution in [0, 0.1) is 0 Å². The van der Waals surface area contributed by atoms with Gasteiger partial charge in [0.2, 0.25) is 0 Å². The first kappa shape index (κ1) is 32.9. The molecule has 270 valence electrons. The SMILES string of the molecule is C/C=C\c1c(N)c2cnccc2n1-c1ccc(-c2ccc(-n3c4ccccc4c4cc5c(cc43)C(c3ccccc3)(c3ccccc3)c3ncccc3-5)cc2)cc1. The van der Waals surface area contributed by atoms with E-state index in [-0.39, 0.29) is 0 Å². The minimum atomic E-state index is -0.580. The Hall–Kier alpha value is -7.50. The summed E-state index contributed by atoms with van der Waals surface area (Å²) >= 11 is 0. The van der Waals surface area contributed by atoms with E-state index in [4.69, 9.17) is 10.7 Å². The van der Waals surface area contributed by atoms with Crippen molar-refractivity contribution in [1.29, 1.82) is 0 Å². The van der Waals surface area contributed by atoms with Crippen LogP contribution in [-0.4, -0.2) is 19.1 Å². The van der Waals surface area contributed by atoms with Gasteiger partial charge in [-0.25, -0.2) is 0 Å². The van der Waals surface area contributed by atoms with Crippen molar-refractivity contribution in [2.75, 3.05) is 5.73 Å². The second kappa shape index (κ2) is 12.8. The van der Waals surface area contributed by atoms with Crippen molar-refractivity contribution in [1.82, 2.24) is 19.1 Å². The van der Waals surface area contributed by atoms with Gasteiger partial charge in [0, 0.05) is 51.7 Å². The molecule has 0 unspecified atom stereocenters. The van der Waals surface area contributed by atoms with Crippen molar-refractivity contribution in [2.45, 2.75) is 12.3 Å². The Bertz CT molecular complexity index is 3130. The number of hydrogen-bond acceptors (Lipinski definition) is 3. The predicted molar refractivity (Wildman–Crippen MR) is 235 cm³/mol. The number of nitrogens with zero attached hydrogens (tertiary/aromatic N) is 4. The monoisotopic (exact) mass is 731 g/mol. The van der Waals surface area contributed by atoms with Crippen LogP contribution in [0.4, 0.5) is 5.69 Å². The molecule has 0 aliphatic heterocycles. The molecule has 57 heavy (non-hydrogen) atoms. The average Bonchev–Trinajstić information content (AvgIpc) is 3.87. The van der Waals surface area contributed by atoms with Gasteiger partial charge in [-0.2, -0.15) is 0 Å². The average molecular weight is 732 g/mol. The highest BCUT2D eigenvalue weighted by molar-refractivity contribution is 6.12. The Balaban J connectivity index is 1.06. The van der Waals surface area contributed by atoms with Crippen LogP contribution in [-0.2, 0) is 5.41 Å². The van der Waals surface area contributed by atoms with Gasteiger partial charge in [0.15, 0.2) is 0 Å². The molecule has 0 atom stereocenters. The molecule has 11 rings (SSSR count). The molecule has 0 bridgehead atoms. The van der Waals surface area contributed by atoms with Crippen LogP contribution in [0.5, 0.6) is 0 Å². The zero-order valence-corrected chi connectivity index (χ0v) is 31.3. The first-order chi connectivity index (χ1) is 28.2. The van der Waals surface area contributed by atoms with Crippen LogP contribution in [0.25, 0.3) is 72.4 Å². The number of rotatable bonds is 6. The normalized spacial score (nSPS) is 13.1. The molecule has 0 radical (unpaired) electrons. The van der Waals surface area contributed by atoms with Crippen molar-refractivity contribution < 1.29 is 0 Å². The van der Waals surface area contributed by atoms with E-state index < -0.39 is 5.41 Å². The summed E-state index contributed by atoms with van der Waals surface area (Å²) in [6, 6.07) is 59.4. The molecule has 2 N–H and O–H groups in total. The Morgan fingerprint density at radius 2 is 1.18 bits per heavy atom. The quantitative estimate of drug-likeness (QED) is 0.185. The summed E-state index contributed by atoms with van der Waals surface area (Å²) in [5, 5.41) is 3.40.